The highest BCUT2D eigenvalue weighted by molar-refractivity contribution is 7.99. The second-order valence-electron chi connectivity index (χ2n) is 3.73. The normalized spacial score (nSPS) is 10.2. The number of H-pyrrole nitrogens is 1. The predicted octanol–water partition coefficient (Wildman–Crippen LogP) is 1.75. The number of rotatable bonds is 7. The predicted molar refractivity (Wildman–Crippen MR) is 77.1 cm³/mol. The van der Waals surface area contributed by atoms with Gasteiger partial charge in [0.25, 0.3) is 5.91 Å². The van der Waals surface area contributed by atoms with E-state index >= 15 is 0 Å². The minimum absolute atomic E-state index is 0.0192. The molecule has 0 unspecified atom stereocenters. The maximum atomic E-state index is 11.5. The molecule has 0 aliphatic heterocycles. The van der Waals surface area contributed by atoms with E-state index in [2.05, 4.69) is 20.5 Å². The molecule has 2 N–H and O–H groups in total. The Morgan fingerprint density at radius 2 is 2.20 bits per heavy atom. The van der Waals surface area contributed by atoms with Gasteiger partial charge in [-0.15, -0.1) is 0 Å². The van der Waals surface area contributed by atoms with Crippen molar-refractivity contribution in [3.8, 4) is 5.75 Å². The Bertz CT molecular complexity index is 533. The van der Waals surface area contributed by atoms with E-state index in [1.165, 1.54) is 18.1 Å². The molecule has 20 heavy (non-hydrogen) atoms. The summed E-state index contributed by atoms with van der Waals surface area (Å²) in [5, 5.41) is 10.6. The summed E-state index contributed by atoms with van der Waals surface area (Å²) >= 11 is 7.24. The van der Waals surface area contributed by atoms with Gasteiger partial charge in [0, 0.05) is 17.3 Å². The first kappa shape index (κ1) is 14.7. The van der Waals surface area contributed by atoms with Gasteiger partial charge in [0.2, 0.25) is 0 Å². The highest BCUT2D eigenvalue weighted by Crippen LogP contribution is 2.15. The number of nitrogens with zero attached hydrogens (tertiary/aromatic N) is 2. The van der Waals surface area contributed by atoms with Crippen molar-refractivity contribution >= 4 is 29.3 Å². The van der Waals surface area contributed by atoms with Crippen LogP contribution in [0.25, 0.3) is 0 Å². The van der Waals surface area contributed by atoms with E-state index in [4.69, 9.17) is 16.3 Å². The zero-order chi connectivity index (χ0) is 14.2. The molecule has 1 amide bonds. The second kappa shape index (κ2) is 7.76. The van der Waals surface area contributed by atoms with Gasteiger partial charge in [-0.05, 0) is 24.3 Å². The lowest BCUT2D eigenvalue weighted by Gasteiger charge is -2.07. The van der Waals surface area contributed by atoms with Crippen molar-refractivity contribution in [3.05, 3.63) is 35.6 Å². The van der Waals surface area contributed by atoms with Gasteiger partial charge >= 0.3 is 0 Å². The molecule has 1 aromatic heterocycles. The van der Waals surface area contributed by atoms with Crippen LogP contribution >= 0.6 is 23.4 Å². The number of carbonyl (C=O) groups is 1. The average Bonchev–Trinajstić information content (AvgIpc) is 2.96. The van der Waals surface area contributed by atoms with E-state index in [0.29, 0.717) is 23.1 Å². The third-order valence-corrected chi connectivity index (χ3v) is 3.37. The Morgan fingerprint density at radius 3 is 2.90 bits per heavy atom. The van der Waals surface area contributed by atoms with Gasteiger partial charge in [0.15, 0.2) is 11.8 Å². The van der Waals surface area contributed by atoms with Crippen molar-refractivity contribution in [3.63, 3.8) is 0 Å². The topological polar surface area (TPSA) is 79.9 Å². The maximum absolute atomic E-state index is 11.5. The second-order valence-corrected chi connectivity index (χ2v) is 5.25. The minimum atomic E-state index is -0.168. The fraction of sp³-hybridized carbons (Fsp3) is 0.250. The van der Waals surface area contributed by atoms with Crippen molar-refractivity contribution < 1.29 is 9.53 Å². The SMILES string of the molecule is O=C(COc1ccc(Cl)cc1)NCCSc1ncn[nH]1. The molecule has 0 fully saturated rings. The Hall–Kier alpha value is -1.73. The van der Waals surface area contributed by atoms with Gasteiger partial charge in [-0.1, -0.05) is 23.4 Å². The number of halogens is 1. The number of hydrogen-bond acceptors (Lipinski definition) is 5. The summed E-state index contributed by atoms with van der Waals surface area (Å²) in [6.07, 6.45) is 1.45. The molecule has 0 bridgehead atoms. The van der Waals surface area contributed by atoms with Crippen LogP contribution in [0.4, 0.5) is 0 Å². The van der Waals surface area contributed by atoms with Gasteiger partial charge in [0.05, 0.1) is 0 Å². The molecule has 1 aromatic carbocycles. The molecule has 1 heterocycles. The van der Waals surface area contributed by atoms with Crippen molar-refractivity contribution in [1.82, 2.24) is 20.5 Å². The van der Waals surface area contributed by atoms with Crippen LogP contribution in [-0.2, 0) is 4.79 Å². The Balaban J connectivity index is 1.59. The van der Waals surface area contributed by atoms with Gasteiger partial charge in [-0.2, -0.15) is 5.10 Å². The monoisotopic (exact) mass is 312 g/mol. The van der Waals surface area contributed by atoms with E-state index in [9.17, 15) is 4.79 Å². The van der Waals surface area contributed by atoms with E-state index in [1.54, 1.807) is 24.3 Å². The number of amides is 1. The first-order valence-electron chi connectivity index (χ1n) is 5.87. The first-order valence-corrected chi connectivity index (χ1v) is 7.23. The largest absolute Gasteiger partial charge is 0.484 e. The summed E-state index contributed by atoms with van der Waals surface area (Å²) in [7, 11) is 0. The molecule has 0 aliphatic rings. The number of thioether (sulfide) groups is 1. The smallest absolute Gasteiger partial charge is 0.257 e. The molecular weight excluding hydrogens is 300 g/mol. The summed E-state index contributed by atoms with van der Waals surface area (Å²) in [4.78, 5) is 15.5. The van der Waals surface area contributed by atoms with Crippen molar-refractivity contribution in [2.45, 2.75) is 5.16 Å². The summed E-state index contributed by atoms with van der Waals surface area (Å²) in [5.41, 5.74) is 0. The molecular formula is C12H13ClN4O2S. The van der Waals surface area contributed by atoms with Gasteiger partial charge < -0.3 is 10.1 Å². The number of aromatic amines is 1. The van der Waals surface area contributed by atoms with Gasteiger partial charge in [-0.3, -0.25) is 9.89 Å². The van der Waals surface area contributed by atoms with Crippen LogP contribution in [-0.4, -0.2) is 40.0 Å². The number of aromatic nitrogens is 3. The zero-order valence-electron chi connectivity index (χ0n) is 10.5. The fourth-order valence-corrected chi connectivity index (χ4v) is 2.10. The maximum Gasteiger partial charge on any atom is 0.257 e. The lowest BCUT2D eigenvalue weighted by Crippen LogP contribution is -2.30. The van der Waals surface area contributed by atoms with Gasteiger partial charge in [0.1, 0.15) is 12.1 Å². The van der Waals surface area contributed by atoms with E-state index in [-0.39, 0.29) is 12.5 Å². The Kier molecular flexibility index (Phi) is 5.69. The average molecular weight is 313 g/mol. The molecule has 106 valence electrons. The van der Waals surface area contributed by atoms with Crippen molar-refractivity contribution in [1.29, 1.82) is 0 Å². The van der Waals surface area contributed by atoms with Crippen molar-refractivity contribution in [2.75, 3.05) is 18.9 Å². The summed E-state index contributed by atoms with van der Waals surface area (Å²) in [6.45, 7) is 0.517. The third kappa shape index (κ3) is 5.10. The molecule has 0 saturated heterocycles. The standard InChI is InChI=1S/C12H13ClN4O2S/c13-9-1-3-10(4-2-9)19-7-11(18)14-5-6-20-12-15-8-16-17-12/h1-4,8H,5-7H2,(H,14,18)(H,15,16,17). The molecule has 0 aliphatic carbocycles. The van der Waals surface area contributed by atoms with Crippen LogP contribution in [0.1, 0.15) is 0 Å². The molecule has 2 rings (SSSR count). The minimum Gasteiger partial charge on any atom is -0.484 e. The number of hydrogen-bond donors (Lipinski definition) is 2. The molecule has 0 atom stereocenters. The van der Waals surface area contributed by atoms with Crippen LogP contribution in [0, 0.1) is 0 Å². The third-order valence-electron chi connectivity index (χ3n) is 2.24. The highest BCUT2D eigenvalue weighted by Gasteiger charge is 2.03. The van der Waals surface area contributed by atoms with Crippen molar-refractivity contribution in [2.24, 2.45) is 0 Å². The van der Waals surface area contributed by atoms with E-state index in [0.717, 1.165) is 5.16 Å². The Labute approximate surface area is 125 Å². The Morgan fingerprint density at radius 1 is 1.40 bits per heavy atom. The quantitative estimate of drug-likeness (QED) is 0.601. The lowest BCUT2D eigenvalue weighted by molar-refractivity contribution is -0.122. The summed E-state index contributed by atoms with van der Waals surface area (Å²) in [6, 6.07) is 6.86. The molecule has 8 heteroatoms. The molecule has 0 spiro atoms. The van der Waals surface area contributed by atoms with Crippen LogP contribution in [0.15, 0.2) is 35.7 Å². The molecule has 2 aromatic rings. The fourth-order valence-electron chi connectivity index (χ4n) is 1.33. The first-order chi connectivity index (χ1) is 9.74. The summed E-state index contributed by atoms with van der Waals surface area (Å²) in [5.74, 6) is 1.15. The number of benzene rings is 1. The number of nitrogens with one attached hydrogen (secondary N) is 2. The van der Waals surface area contributed by atoms with Crippen LogP contribution in [0.2, 0.25) is 5.02 Å². The van der Waals surface area contributed by atoms with Crippen LogP contribution in [0.5, 0.6) is 5.75 Å². The molecule has 0 saturated carbocycles. The lowest BCUT2D eigenvalue weighted by atomic mass is 10.3. The van der Waals surface area contributed by atoms with E-state index < -0.39 is 0 Å². The summed E-state index contributed by atoms with van der Waals surface area (Å²) < 4.78 is 5.32. The number of ether oxygens (including phenoxy) is 1. The number of carbonyl (C=O) groups excluding carboxylic acids is 1. The molecule has 0 radical (unpaired) electrons. The van der Waals surface area contributed by atoms with Gasteiger partial charge in [-0.25, -0.2) is 4.98 Å². The molecule has 6 nitrogen and oxygen atoms in total. The van der Waals surface area contributed by atoms with Crippen LogP contribution < -0.4 is 10.1 Å². The highest BCUT2D eigenvalue weighted by atomic mass is 35.5. The van der Waals surface area contributed by atoms with Crippen LogP contribution in [0.3, 0.4) is 0 Å². The zero-order valence-corrected chi connectivity index (χ0v) is 12.1. The van der Waals surface area contributed by atoms with E-state index in [1.807, 2.05) is 0 Å².